The summed E-state index contributed by atoms with van der Waals surface area (Å²) in [4.78, 5) is 36.6. The van der Waals surface area contributed by atoms with Gasteiger partial charge < -0.3 is 9.15 Å². The van der Waals surface area contributed by atoms with Crippen LogP contribution in [0.4, 0.5) is 0 Å². The first kappa shape index (κ1) is 19.7. The molecule has 9 heteroatoms. The van der Waals surface area contributed by atoms with Crippen molar-refractivity contribution in [3.05, 3.63) is 63.6 Å². The Morgan fingerprint density at radius 1 is 1.07 bits per heavy atom. The number of oxazole rings is 1. The minimum Gasteiger partial charge on any atom is -0.481 e. The Balaban J connectivity index is 1.62. The van der Waals surface area contributed by atoms with Gasteiger partial charge in [-0.3, -0.25) is 25.0 Å². The van der Waals surface area contributed by atoms with Crippen LogP contribution in [-0.2, 0) is 9.59 Å². The second-order valence-electron chi connectivity index (χ2n) is 6.08. The Hall–Kier alpha value is -3.07. The second-order valence-corrected chi connectivity index (χ2v) is 6.99. The van der Waals surface area contributed by atoms with Crippen molar-refractivity contribution in [1.29, 1.82) is 0 Å². The minimum absolute atomic E-state index is 0.382. The van der Waals surface area contributed by atoms with Crippen molar-refractivity contribution in [3.8, 4) is 5.75 Å². The SMILES string of the molecule is CC(Oc1cccc(Br)c1)C(=O)NNC(=O)C(C)n1c(=O)oc2ccccc21. The third-order valence-electron chi connectivity index (χ3n) is 4.07. The predicted molar refractivity (Wildman–Crippen MR) is 106 cm³/mol. The van der Waals surface area contributed by atoms with E-state index < -0.39 is 29.7 Å². The number of carbonyl (C=O) groups excluding carboxylic acids is 2. The molecule has 0 aliphatic heterocycles. The lowest BCUT2D eigenvalue weighted by Gasteiger charge is -2.17. The first-order valence-corrected chi connectivity index (χ1v) is 9.28. The molecule has 2 unspecified atom stereocenters. The molecule has 28 heavy (non-hydrogen) atoms. The van der Waals surface area contributed by atoms with Crippen LogP contribution in [-0.4, -0.2) is 22.5 Å². The standard InChI is InChI=1S/C19H18BrN3O5/c1-11(23-15-8-3-4-9-16(15)28-19(23)26)17(24)21-22-18(25)12(2)27-14-7-5-6-13(20)10-14/h3-12H,1-2H3,(H,21,24)(H,22,25). The topological polar surface area (TPSA) is 103 Å². The Morgan fingerprint density at radius 3 is 2.54 bits per heavy atom. The fourth-order valence-corrected chi connectivity index (χ4v) is 2.97. The van der Waals surface area contributed by atoms with Crippen molar-refractivity contribution in [3.63, 3.8) is 0 Å². The van der Waals surface area contributed by atoms with Crippen LogP contribution in [0, 0.1) is 0 Å². The zero-order valence-corrected chi connectivity index (χ0v) is 16.7. The van der Waals surface area contributed by atoms with Crippen LogP contribution in [0.5, 0.6) is 5.75 Å². The number of hydrogen-bond donors (Lipinski definition) is 2. The van der Waals surface area contributed by atoms with E-state index in [0.717, 1.165) is 4.47 Å². The molecule has 3 aromatic rings. The number of aromatic nitrogens is 1. The molecule has 0 saturated heterocycles. The van der Waals surface area contributed by atoms with Crippen molar-refractivity contribution < 1.29 is 18.7 Å². The van der Waals surface area contributed by atoms with Gasteiger partial charge in [-0.1, -0.05) is 34.1 Å². The van der Waals surface area contributed by atoms with Crippen molar-refractivity contribution in [2.45, 2.75) is 26.0 Å². The van der Waals surface area contributed by atoms with Crippen LogP contribution in [0.2, 0.25) is 0 Å². The van der Waals surface area contributed by atoms with Crippen LogP contribution in [0.3, 0.4) is 0 Å². The van der Waals surface area contributed by atoms with E-state index in [1.807, 2.05) is 6.07 Å². The fourth-order valence-electron chi connectivity index (χ4n) is 2.60. The summed E-state index contributed by atoms with van der Waals surface area (Å²) >= 11 is 3.32. The molecule has 8 nitrogen and oxygen atoms in total. The number of nitrogens with one attached hydrogen (secondary N) is 2. The highest BCUT2D eigenvalue weighted by Gasteiger charge is 2.22. The van der Waals surface area contributed by atoms with E-state index in [0.29, 0.717) is 16.8 Å². The third-order valence-corrected chi connectivity index (χ3v) is 4.57. The Morgan fingerprint density at radius 2 is 1.79 bits per heavy atom. The summed E-state index contributed by atoms with van der Waals surface area (Å²) in [6.45, 7) is 3.09. The van der Waals surface area contributed by atoms with Gasteiger partial charge in [0.05, 0.1) is 5.52 Å². The predicted octanol–water partition coefficient (Wildman–Crippen LogP) is 2.53. The first-order chi connectivity index (χ1) is 13.4. The van der Waals surface area contributed by atoms with Crippen LogP contribution >= 0.6 is 15.9 Å². The molecule has 0 fully saturated rings. The minimum atomic E-state index is -0.891. The molecular formula is C19H18BrN3O5. The van der Waals surface area contributed by atoms with Crippen LogP contribution < -0.4 is 21.3 Å². The molecule has 2 aromatic carbocycles. The number of para-hydroxylation sites is 2. The van der Waals surface area contributed by atoms with Gasteiger partial charge in [-0.25, -0.2) is 4.79 Å². The van der Waals surface area contributed by atoms with E-state index in [2.05, 4.69) is 26.8 Å². The van der Waals surface area contributed by atoms with E-state index in [4.69, 9.17) is 9.15 Å². The molecule has 3 rings (SSSR count). The number of hydrogen-bond acceptors (Lipinski definition) is 5. The molecule has 2 atom stereocenters. The van der Waals surface area contributed by atoms with Gasteiger partial charge in [0.25, 0.3) is 11.8 Å². The van der Waals surface area contributed by atoms with Crippen molar-refractivity contribution in [2.24, 2.45) is 0 Å². The molecule has 1 heterocycles. The van der Waals surface area contributed by atoms with Gasteiger partial charge >= 0.3 is 5.76 Å². The number of rotatable bonds is 5. The summed E-state index contributed by atoms with van der Waals surface area (Å²) in [5, 5.41) is 0. The molecule has 0 aliphatic carbocycles. The molecule has 0 aliphatic rings. The van der Waals surface area contributed by atoms with E-state index in [1.54, 1.807) is 49.4 Å². The van der Waals surface area contributed by atoms with E-state index in [1.165, 1.54) is 11.5 Å². The number of hydrazine groups is 1. The lowest BCUT2D eigenvalue weighted by Crippen LogP contribution is -2.49. The average molecular weight is 448 g/mol. The van der Waals surface area contributed by atoms with Crippen LogP contribution in [0.25, 0.3) is 11.1 Å². The molecule has 1 aromatic heterocycles. The van der Waals surface area contributed by atoms with Gasteiger partial charge in [-0.2, -0.15) is 0 Å². The number of halogens is 1. The summed E-state index contributed by atoms with van der Waals surface area (Å²) in [6.07, 6.45) is -0.845. The van der Waals surface area contributed by atoms with Crippen molar-refractivity contribution in [1.82, 2.24) is 15.4 Å². The monoisotopic (exact) mass is 447 g/mol. The van der Waals surface area contributed by atoms with Crippen molar-refractivity contribution in [2.75, 3.05) is 0 Å². The lowest BCUT2D eigenvalue weighted by atomic mass is 10.2. The molecule has 146 valence electrons. The first-order valence-electron chi connectivity index (χ1n) is 8.49. The zero-order valence-electron chi connectivity index (χ0n) is 15.1. The summed E-state index contributed by atoms with van der Waals surface area (Å²) in [6, 6.07) is 12.9. The number of nitrogens with zero attached hydrogens (tertiary/aromatic N) is 1. The summed E-state index contributed by atoms with van der Waals surface area (Å²) < 4.78 is 12.7. The maximum absolute atomic E-state index is 12.4. The van der Waals surface area contributed by atoms with E-state index in [-0.39, 0.29) is 0 Å². The molecule has 0 saturated carbocycles. The normalized spacial score (nSPS) is 13.0. The van der Waals surface area contributed by atoms with Crippen LogP contribution in [0.1, 0.15) is 19.9 Å². The molecule has 0 bridgehead atoms. The fraction of sp³-hybridized carbons (Fsp3) is 0.211. The zero-order chi connectivity index (χ0) is 20.3. The molecule has 2 N–H and O–H groups in total. The van der Waals surface area contributed by atoms with Gasteiger partial charge in [0.2, 0.25) is 0 Å². The van der Waals surface area contributed by atoms with Gasteiger partial charge in [0.15, 0.2) is 11.7 Å². The van der Waals surface area contributed by atoms with Crippen LogP contribution in [0.15, 0.2) is 62.2 Å². The smallest absolute Gasteiger partial charge is 0.420 e. The highest BCUT2D eigenvalue weighted by molar-refractivity contribution is 9.10. The highest BCUT2D eigenvalue weighted by atomic mass is 79.9. The average Bonchev–Trinajstić information content (AvgIpc) is 3.00. The number of carbonyl (C=O) groups is 2. The summed E-state index contributed by atoms with van der Waals surface area (Å²) in [5.41, 5.74) is 5.49. The van der Waals surface area contributed by atoms with E-state index in [9.17, 15) is 14.4 Å². The molecule has 2 amide bonds. The summed E-state index contributed by atoms with van der Waals surface area (Å²) in [5.74, 6) is -1.25. The Labute approximate surface area is 168 Å². The molecule has 0 spiro atoms. The number of benzene rings is 2. The quantitative estimate of drug-likeness (QED) is 0.585. The second kappa shape index (κ2) is 8.30. The maximum atomic E-state index is 12.4. The Bertz CT molecular complexity index is 1070. The van der Waals surface area contributed by atoms with Gasteiger partial charge in [0, 0.05) is 4.47 Å². The number of fused-ring (bicyclic) bond motifs is 1. The van der Waals surface area contributed by atoms with E-state index >= 15 is 0 Å². The van der Waals surface area contributed by atoms with Gasteiger partial charge in [-0.15, -0.1) is 0 Å². The van der Waals surface area contributed by atoms with Gasteiger partial charge in [0.1, 0.15) is 11.8 Å². The summed E-state index contributed by atoms with van der Waals surface area (Å²) in [7, 11) is 0. The Kier molecular flexibility index (Phi) is 5.84. The van der Waals surface area contributed by atoms with Crippen molar-refractivity contribution >= 4 is 38.8 Å². The largest absolute Gasteiger partial charge is 0.481 e. The molecule has 0 radical (unpaired) electrons. The highest BCUT2D eigenvalue weighted by Crippen LogP contribution is 2.19. The van der Waals surface area contributed by atoms with Gasteiger partial charge in [-0.05, 0) is 44.2 Å². The molecular weight excluding hydrogens is 430 g/mol. The third kappa shape index (κ3) is 4.25. The lowest BCUT2D eigenvalue weighted by molar-refractivity contribution is -0.133. The number of amides is 2. The maximum Gasteiger partial charge on any atom is 0.420 e. The number of ether oxygens (including phenoxy) is 1.